The number of fused-ring (bicyclic) bond motifs is 1. The number of thioether (sulfide) groups is 1. The zero-order valence-electron chi connectivity index (χ0n) is 19.2. The van der Waals surface area contributed by atoms with Crippen LogP contribution in [0.5, 0.6) is 0 Å². The molecule has 0 aliphatic heterocycles. The maximum atomic E-state index is 12.5. The number of pyridine rings is 2. The number of carbonyl (C=O) groups is 1. The Labute approximate surface area is 209 Å². The quantitative estimate of drug-likeness (QED) is 0.433. The number of benzene rings is 1. The number of amides is 1. The van der Waals surface area contributed by atoms with Crippen LogP contribution in [0.2, 0.25) is 0 Å². The number of hydrogen-bond donors (Lipinski definition) is 2. The third-order valence-corrected chi connectivity index (χ3v) is 8.00. The fourth-order valence-corrected chi connectivity index (χ4v) is 5.74. The number of anilines is 2. The highest BCUT2D eigenvalue weighted by Crippen LogP contribution is 2.29. The van der Waals surface area contributed by atoms with E-state index in [1.165, 1.54) is 42.2 Å². The number of nitriles is 1. The lowest BCUT2D eigenvalue weighted by atomic mass is 9.87. The van der Waals surface area contributed by atoms with Crippen LogP contribution in [-0.4, -0.2) is 30.0 Å². The molecule has 0 saturated heterocycles. The first-order valence-corrected chi connectivity index (χ1v) is 13.7. The molecule has 1 amide bonds. The van der Waals surface area contributed by atoms with Gasteiger partial charge in [-0.15, -0.1) is 11.8 Å². The van der Waals surface area contributed by atoms with Crippen molar-refractivity contribution in [1.82, 2.24) is 9.97 Å². The SMILES string of the molecule is CC1CCc2nc(SCCC(=O)Nc3ccc(S(=O)(=O)Nc4ccccn4)cc3)c(C#N)cc2C1. The number of hydrogen-bond acceptors (Lipinski definition) is 7. The molecule has 0 radical (unpaired) electrons. The number of nitrogens with one attached hydrogen (secondary N) is 2. The molecular formula is C25H25N5O3S2. The van der Waals surface area contributed by atoms with Crippen LogP contribution in [0.15, 0.2) is 64.6 Å². The molecule has 8 nitrogen and oxygen atoms in total. The standard InChI is InChI=1S/C25H25N5O3S2/c1-17-5-10-22-18(14-17)15-19(16-26)25(29-22)34-13-11-24(31)28-20-6-8-21(9-7-20)35(32,33)30-23-4-2-3-12-27-23/h2-4,6-9,12,15,17H,5,10-11,13-14H2,1H3,(H,27,30)(H,28,31). The van der Waals surface area contributed by atoms with Crippen molar-refractivity contribution in [2.75, 3.05) is 15.8 Å². The summed E-state index contributed by atoms with van der Waals surface area (Å²) in [4.78, 5) is 21.1. The van der Waals surface area contributed by atoms with Gasteiger partial charge in [-0.1, -0.05) is 13.0 Å². The highest BCUT2D eigenvalue weighted by Gasteiger charge is 2.20. The van der Waals surface area contributed by atoms with Crippen LogP contribution in [0.4, 0.5) is 11.5 Å². The number of aryl methyl sites for hydroxylation is 1. The predicted molar refractivity (Wildman–Crippen MR) is 136 cm³/mol. The summed E-state index contributed by atoms with van der Waals surface area (Å²) in [6, 6.07) is 15.0. The summed E-state index contributed by atoms with van der Waals surface area (Å²) in [7, 11) is -3.78. The van der Waals surface area contributed by atoms with E-state index < -0.39 is 10.0 Å². The van der Waals surface area contributed by atoms with Crippen LogP contribution in [-0.2, 0) is 27.7 Å². The van der Waals surface area contributed by atoms with Gasteiger partial charge in [-0.2, -0.15) is 5.26 Å². The Morgan fingerprint density at radius 2 is 2.03 bits per heavy atom. The maximum Gasteiger partial charge on any atom is 0.263 e. The minimum Gasteiger partial charge on any atom is -0.326 e. The zero-order valence-corrected chi connectivity index (χ0v) is 20.8. The molecule has 1 aliphatic carbocycles. The predicted octanol–water partition coefficient (Wildman–Crippen LogP) is 4.39. The summed E-state index contributed by atoms with van der Waals surface area (Å²) in [5, 5.41) is 13.0. The lowest BCUT2D eigenvalue weighted by Gasteiger charge is -2.21. The van der Waals surface area contributed by atoms with E-state index in [2.05, 4.69) is 28.0 Å². The molecule has 2 N–H and O–H groups in total. The topological polar surface area (TPSA) is 125 Å². The smallest absolute Gasteiger partial charge is 0.263 e. The van der Waals surface area contributed by atoms with Crippen LogP contribution in [0.1, 0.15) is 36.6 Å². The van der Waals surface area contributed by atoms with E-state index in [-0.39, 0.29) is 23.0 Å². The van der Waals surface area contributed by atoms with E-state index in [1.54, 1.807) is 18.2 Å². The molecule has 1 aromatic carbocycles. The average molecular weight is 508 g/mol. The molecular weight excluding hydrogens is 482 g/mol. The average Bonchev–Trinajstić information content (AvgIpc) is 2.84. The number of nitrogens with zero attached hydrogens (tertiary/aromatic N) is 3. The maximum absolute atomic E-state index is 12.5. The lowest BCUT2D eigenvalue weighted by molar-refractivity contribution is -0.115. The normalized spacial score (nSPS) is 15.0. The number of aromatic nitrogens is 2. The van der Waals surface area contributed by atoms with Gasteiger partial charge in [0, 0.05) is 29.8 Å². The van der Waals surface area contributed by atoms with Gasteiger partial charge in [0.2, 0.25) is 5.91 Å². The Morgan fingerprint density at radius 1 is 1.23 bits per heavy atom. The Kier molecular flexibility index (Phi) is 7.68. The molecule has 1 unspecified atom stereocenters. The summed E-state index contributed by atoms with van der Waals surface area (Å²) in [6.45, 7) is 2.21. The van der Waals surface area contributed by atoms with Gasteiger partial charge in [-0.3, -0.25) is 9.52 Å². The van der Waals surface area contributed by atoms with Crippen molar-refractivity contribution in [2.45, 2.75) is 42.5 Å². The molecule has 35 heavy (non-hydrogen) atoms. The van der Waals surface area contributed by atoms with Crippen LogP contribution >= 0.6 is 11.8 Å². The molecule has 2 heterocycles. The van der Waals surface area contributed by atoms with Crippen LogP contribution in [0.25, 0.3) is 0 Å². The van der Waals surface area contributed by atoms with Crippen molar-refractivity contribution < 1.29 is 13.2 Å². The van der Waals surface area contributed by atoms with Gasteiger partial charge in [-0.05, 0) is 73.2 Å². The zero-order chi connectivity index (χ0) is 24.8. The summed E-state index contributed by atoms with van der Waals surface area (Å²) in [5.41, 5.74) is 3.26. The van der Waals surface area contributed by atoms with E-state index in [0.29, 0.717) is 27.9 Å². The lowest BCUT2D eigenvalue weighted by Crippen LogP contribution is -2.15. The Balaban J connectivity index is 1.31. The molecule has 4 rings (SSSR count). The van der Waals surface area contributed by atoms with Gasteiger partial charge >= 0.3 is 0 Å². The second-order valence-corrected chi connectivity index (χ2v) is 11.2. The first-order valence-electron chi connectivity index (χ1n) is 11.2. The number of rotatable bonds is 8. The van der Waals surface area contributed by atoms with Crippen molar-refractivity contribution >= 4 is 39.2 Å². The van der Waals surface area contributed by atoms with Gasteiger partial charge in [-0.25, -0.2) is 18.4 Å². The highest BCUT2D eigenvalue weighted by molar-refractivity contribution is 7.99. The molecule has 10 heteroatoms. The van der Waals surface area contributed by atoms with Gasteiger partial charge < -0.3 is 5.32 Å². The van der Waals surface area contributed by atoms with Gasteiger partial charge in [0.25, 0.3) is 10.0 Å². The third-order valence-electron chi connectivity index (χ3n) is 5.64. The van der Waals surface area contributed by atoms with Crippen molar-refractivity contribution in [2.24, 2.45) is 5.92 Å². The third kappa shape index (κ3) is 6.38. The van der Waals surface area contributed by atoms with E-state index >= 15 is 0 Å². The first-order chi connectivity index (χ1) is 16.8. The summed E-state index contributed by atoms with van der Waals surface area (Å²) < 4.78 is 27.4. The van der Waals surface area contributed by atoms with Crippen LogP contribution < -0.4 is 10.0 Å². The van der Waals surface area contributed by atoms with Crippen LogP contribution in [0, 0.1) is 17.2 Å². The van der Waals surface area contributed by atoms with E-state index in [1.807, 2.05) is 6.07 Å². The Morgan fingerprint density at radius 3 is 2.74 bits per heavy atom. The van der Waals surface area contributed by atoms with E-state index in [4.69, 9.17) is 4.98 Å². The van der Waals surface area contributed by atoms with Gasteiger partial charge in [0.1, 0.15) is 16.9 Å². The molecule has 2 aromatic heterocycles. The molecule has 1 atom stereocenters. The minimum absolute atomic E-state index is 0.0635. The summed E-state index contributed by atoms with van der Waals surface area (Å²) >= 11 is 1.40. The fraction of sp³-hybridized carbons (Fsp3) is 0.280. The molecule has 0 saturated carbocycles. The summed E-state index contributed by atoms with van der Waals surface area (Å²) in [5.74, 6) is 1.10. The molecule has 0 fully saturated rings. The first kappa shape index (κ1) is 24.7. The second kappa shape index (κ2) is 10.9. The minimum atomic E-state index is -3.78. The van der Waals surface area contributed by atoms with Crippen molar-refractivity contribution in [1.29, 1.82) is 5.26 Å². The molecule has 0 spiro atoms. The summed E-state index contributed by atoms with van der Waals surface area (Å²) in [6.07, 6.45) is 4.69. The van der Waals surface area contributed by atoms with E-state index in [9.17, 15) is 18.5 Å². The monoisotopic (exact) mass is 507 g/mol. The highest BCUT2D eigenvalue weighted by atomic mass is 32.2. The van der Waals surface area contributed by atoms with Crippen molar-refractivity contribution in [3.05, 3.63) is 71.5 Å². The fourth-order valence-electron chi connectivity index (χ4n) is 3.82. The molecule has 180 valence electrons. The van der Waals surface area contributed by atoms with E-state index in [0.717, 1.165) is 30.5 Å². The van der Waals surface area contributed by atoms with Crippen molar-refractivity contribution in [3.63, 3.8) is 0 Å². The second-order valence-electron chi connectivity index (χ2n) is 8.40. The largest absolute Gasteiger partial charge is 0.326 e. The van der Waals surface area contributed by atoms with Crippen molar-refractivity contribution in [3.8, 4) is 6.07 Å². The van der Waals surface area contributed by atoms with Gasteiger partial charge in [0.05, 0.1) is 10.5 Å². The molecule has 1 aliphatic rings. The molecule has 0 bridgehead atoms. The number of sulfonamides is 1. The van der Waals surface area contributed by atoms with Crippen LogP contribution in [0.3, 0.4) is 0 Å². The van der Waals surface area contributed by atoms with Gasteiger partial charge in [0.15, 0.2) is 0 Å². The number of carbonyl (C=O) groups excluding carboxylic acids is 1. The molecule has 3 aromatic rings. The Bertz CT molecular complexity index is 1350. The Hall–Kier alpha value is -3.42.